The third-order valence-electron chi connectivity index (χ3n) is 2.48. The highest BCUT2D eigenvalue weighted by atomic mass is 32.1. The number of nitrogen functional groups attached to an aromatic ring is 1. The second-order valence-corrected chi connectivity index (χ2v) is 4.43. The molecule has 0 aliphatic rings. The fourth-order valence-electron chi connectivity index (χ4n) is 1.53. The zero-order valence-electron chi connectivity index (χ0n) is 9.34. The van der Waals surface area contributed by atoms with Crippen molar-refractivity contribution in [1.29, 1.82) is 5.26 Å². The van der Waals surface area contributed by atoms with Crippen LogP contribution in [0.15, 0.2) is 30.3 Å². The molecule has 0 bridgehead atoms. The number of nitrogens with one attached hydrogen (secondary N) is 1. The summed E-state index contributed by atoms with van der Waals surface area (Å²) >= 11 is 1.22. The van der Waals surface area contributed by atoms with Gasteiger partial charge in [0, 0.05) is 6.04 Å². The number of nitrogens with zero attached hydrogens (tertiary/aromatic N) is 2. The van der Waals surface area contributed by atoms with Crippen molar-refractivity contribution in [2.24, 2.45) is 0 Å². The Kier molecular flexibility index (Phi) is 3.26. The molecular weight excluding hydrogens is 232 g/mol. The first-order valence-corrected chi connectivity index (χ1v) is 5.96. The SMILES string of the molecule is CC(Nc1snc(N)c1C#N)c1ccccc1. The molecule has 1 unspecified atom stereocenters. The molecular formula is C12H12N4S. The van der Waals surface area contributed by atoms with Crippen LogP contribution >= 0.6 is 11.5 Å². The van der Waals surface area contributed by atoms with Gasteiger partial charge in [0.1, 0.15) is 16.6 Å². The van der Waals surface area contributed by atoms with Crippen molar-refractivity contribution in [2.45, 2.75) is 13.0 Å². The fraction of sp³-hybridized carbons (Fsp3) is 0.167. The van der Waals surface area contributed by atoms with Crippen molar-refractivity contribution in [1.82, 2.24) is 4.37 Å². The maximum atomic E-state index is 8.97. The summed E-state index contributed by atoms with van der Waals surface area (Å²) in [5.41, 5.74) is 7.19. The van der Waals surface area contributed by atoms with Gasteiger partial charge in [-0.25, -0.2) is 0 Å². The molecule has 2 rings (SSSR count). The van der Waals surface area contributed by atoms with Gasteiger partial charge in [-0.1, -0.05) is 30.3 Å². The van der Waals surface area contributed by atoms with Gasteiger partial charge in [0.2, 0.25) is 0 Å². The lowest BCUT2D eigenvalue weighted by Gasteiger charge is -2.13. The minimum atomic E-state index is 0.114. The summed E-state index contributed by atoms with van der Waals surface area (Å²) in [5.74, 6) is 0.292. The highest BCUT2D eigenvalue weighted by Crippen LogP contribution is 2.29. The summed E-state index contributed by atoms with van der Waals surface area (Å²) in [6.07, 6.45) is 0. The Hall–Kier alpha value is -2.06. The Morgan fingerprint density at radius 3 is 2.76 bits per heavy atom. The Bertz CT molecular complexity index is 541. The molecule has 1 aromatic heterocycles. The first-order chi connectivity index (χ1) is 8.22. The molecule has 0 aliphatic heterocycles. The Labute approximate surface area is 104 Å². The van der Waals surface area contributed by atoms with E-state index in [-0.39, 0.29) is 6.04 Å². The first-order valence-electron chi connectivity index (χ1n) is 5.19. The second-order valence-electron chi connectivity index (χ2n) is 3.66. The number of nitriles is 1. The maximum absolute atomic E-state index is 8.97. The van der Waals surface area contributed by atoms with Crippen LogP contribution in [-0.4, -0.2) is 4.37 Å². The lowest BCUT2D eigenvalue weighted by Crippen LogP contribution is -2.06. The predicted molar refractivity (Wildman–Crippen MR) is 69.7 cm³/mol. The summed E-state index contributed by atoms with van der Waals surface area (Å²) in [4.78, 5) is 0. The molecule has 1 heterocycles. The third-order valence-corrected chi connectivity index (χ3v) is 3.27. The molecule has 0 aliphatic carbocycles. The van der Waals surface area contributed by atoms with Gasteiger partial charge in [0.05, 0.1) is 0 Å². The molecule has 2 aromatic rings. The van der Waals surface area contributed by atoms with Crippen LogP contribution in [0.2, 0.25) is 0 Å². The molecule has 1 atom stereocenters. The van der Waals surface area contributed by atoms with Crippen LogP contribution in [0.25, 0.3) is 0 Å². The van der Waals surface area contributed by atoms with E-state index < -0.39 is 0 Å². The third kappa shape index (κ3) is 2.37. The average Bonchev–Trinajstić information content (AvgIpc) is 2.71. The summed E-state index contributed by atoms with van der Waals surface area (Å²) < 4.78 is 3.97. The van der Waals surface area contributed by atoms with E-state index >= 15 is 0 Å². The zero-order chi connectivity index (χ0) is 12.3. The van der Waals surface area contributed by atoms with E-state index in [0.29, 0.717) is 11.4 Å². The van der Waals surface area contributed by atoms with E-state index in [1.807, 2.05) is 37.3 Å². The number of nitrogens with two attached hydrogens (primary N) is 1. The molecule has 17 heavy (non-hydrogen) atoms. The van der Waals surface area contributed by atoms with Crippen LogP contribution in [0, 0.1) is 11.3 Å². The number of aromatic nitrogens is 1. The number of rotatable bonds is 3. The quantitative estimate of drug-likeness (QED) is 0.870. The molecule has 5 heteroatoms. The topological polar surface area (TPSA) is 74.7 Å². The van der Waals surface area contributed by atoms with Crippen LogP contribution in [0.3, 0.4) is 0 Å². The zero-order valence-corrected chi connectivity index (χ0v) is 10.2. The van der Waals surface area contributed by atoms with E-state index in [9.17, 15) is 0 Å². The van der Waals surface area contributed by atoms with Crippen molar-refractivity contribution in [3.05, 3.63) is 41.5 Å². The van der Waals surface area contributed by atoms with Gasteiger partial charge in [-0.05, 0) is 24.0 Å². The Morgan fingerprint density at radius 2 is 2.12 bits per heavy atom. The number of hydrogen-bond acceptors (Lipinski definition) is 5. The highest BCUT2D eigenvalue weighted by molar-refractivity contribution is 7.10. The van der Waals surface area contributed by atoms with Gasteiger partial charge < -0.3 is 11.1 Å². The molecule has 86 valence electrons. The smallest absolute Gasteiger partial charge is 0.157 e. The summed E-state index contributed by atoms with van der Waals surface area (Å²) in [6.45, 7) is 2.03. The molecule has 0 saturated carbocycles. The van der Waals surface area contributed by atoms with Crippen LogP contribution < -0.4 is 11.1 Å². The van der Waals surface area contributed by atoms with Crippen LogP contribution in [-0.2, 0) is 0 Å². The average molecular weight is 244 g/mol. The summed E-state index contributed by atoms with van der Waals surface area (Å²) in [6, 6.07) is 12.2. The van der Waals surface area contributed by atoms with Crippen LogP contribution in [0.5, 0.6) is 0 Å². The lowest BCUT2D eigenvalue weighted by atomic mass is 10.1. The van der Waals surface area contributed by atoms with Gasteiger partial charge in [-0.15, -0.1) is 0 Å². The Morgan fingerprint density at radius 1 is 1.41 bits per heavy atom. The van der Waals surface area contributed by atoms with E-state index in [1.54, 1.807) is 0 Å². The number of anilines is 2. The fourth-order valence-corrected chi connectivity index (χ4v) is 2.28. The molecule has 3 N–H and O–H groups in total. The molecule has 0 saturated heterocycles. The van der Waals surface area contributed by atoms with Gasteiger partial charge >= 0.3 is 0 Å². The van der Waals surface area contributed by atoms with Gasteiger partial charge in [-0.2, -0.15) is 9.64 Å². The molecule has 0 amide bonds. The number of benzene rings is 1. The van der Waals surface area contributed by atoms with Crippen LogP contribution in [0.1, 0.15) is 24.1 Å². The van der Waals surface area contributed by atoms with Gasteiger partial charge in [0.25, 0.3) is 0 Å². The van der Waals surface area contributed by atoms with E-state index in [0.717, 1.165) is 10.6 Å². The molecule has 4 nitrogen and oxygen atoms in total. The standard InChI is InChI=1S/C12H12N4S/c1-8(9-5-3-2-4-6-9)15-12-10(7-13)11(14)16-17-12/h2-6,8,15H,1H3,(H2,14,16). The molecule has 0 fully saturated rings. The van der Waals surface area contributed by atoms with Crippen molar-refractivity contribution >= 4 is 22.4 Å². The van der Waals surface area contributed by atoms with Crippen molar-refractivity contribution in [3.63, 3.8) is 0 Å². The molecule has 0 spiro atoms. The monoisotopic (exact) mass is 244 g/mol. The van der Waals surface area contributed by atoms with Crippen LogP contribution in [0.4, 0.5) is 10.8 Å². The number of hydrogen-bond donors (Lipinski definition) is 2. The maximum Gasteiger partial charge on any atom is 0.157 e. The van der Waals surface area contributed by atoms with Crippen molar-refractivity contribution in [2.75, 3.05) is 11.1 Å². The van der Waals surface area contributed by atoms with Gasteiger partial charge in [-0.3, -0.25) is 0 Å². The van der Waals surface area contributed by atoms with E-state index in [4.69, 9.17) is 11.0 Å². The van der Waals surface area contributed by atoms with Gasteiger partial charge in [0.15, 0.2) is 5.82 Å². The second kappa shape index (κ2) is 4.85. The lowest BCUT2D eigenvalue weighted by molar-refractivity contribution is 0.889. The van der Waals surface area contributed by atoms with Crippen molar-refractivity contribution in [3.8, 4) is 6.07 Å². The predicted octanol–water partition coefficient (Wildman–Crippen LogP) is 2.77. The minimum absolute atomic E-state index is 0.114. The first kappa shape index (κ1) is 11.4. The summed E-state index contributed by atoms with van der Waals surface area (Å²) in [7, 11) is 0. The van der Waals surface area contributed by atoms with Crippen molar-refractivity contribution < 1.29 is 0 Å². The van der Waals surface area contributed by atoms with E-state index in [1.165, 1.54) is 11.5 Å². The normalized spacial score (nSPS) is 11.8. The Balaban J connectivity index is 2.19. The highest BCUT2D eigenvalue weighted by Gasteiger charge is 2.13. The largest absolute Gasteiger partial charge is 0.382 e. The molecule has 0 radical (unpaired) electrons. The van der Waals surface area contributed by atoms with E-state index in [2.05, 4.69) is 15.8 Å². The minimum Gasteiger partial charge on any atom is -0.382 e. The molecule has 1 aromatic carbocycles. The summed E-state index contributed by atoms with van der Waals surface area (Å²) in [5, 5.41) is 12.9.